The van der Waals surface area contributed by atoms with Crippen molar-refractivity contribution in [1.82, 2.24) is 0 Å². The Kier molecular flexibility index (Phi) is 5.15. The fourth-order valence-corrected chi connectivity index (χ4v) is 5.01. The molecule has 1 unspecified atom stereocenters. The summed E-state index contributed by atoms with van der Waals surface area (Å²) >= 11 is 8.74. The Morgan fingerprint density at radius 2 is 1.57 bits per heavy atom. The number of hydrogen-bond acceptors (Lipinski definition) is 1. The van der Waals surface area contributed by atoms with Crippen LogP contribution in [0.15, 0.2) is 12.1 Å². The Labute approximate surface area is 140 Å². The Morgan fingerprint density at radius 1 is 1.00 bits per heavy atom. The highest BCUT2D eigenvalue weighted by molar-refractivity contribution is 7.12. The Balaban J connectivity index is 1.99. The molecule has 1 atom stereocenters. The fourth-order valence-electron chi connectivity index (χ4n) is 3.41. The highest BCUT2D eigenvalue weighted by Gasteiger charge is 2.33. The van der Waals surface area contributed by atoms with Gasteiger partial charge in [-0.05, 0) is 60.5 Å². The van der Waals surface area contributed by atoms with Crippen molar-refractivity contribution in [2.75, 3.05) is 0 Å². The summed E-state index contributed by atoms with van der Waals surface area (Å²) in [6, 6.07) is 4.54. The fraction of sp³-hybridized carbons (Fsp3) is 0.789. The lowest BCUT2D eigenvalue weighted by molar-refractivity contribution is 0.148. The van der Waals surface area contributed by atoms with E-state index in [1.165, 1.54) is 35.4 Å². The van der Waals surface area contributed by atoms with Crippen LogP contribution in [0.5, 0.6) is 0 Å². The first-order valence-corrected chi connectivity index (χ1v) is 9.58. The van der Waals surface area contributed by atoms with Gasteiger partial charge >= 0.3 is 0 Å². The van der Waals surface area contributed by atoms with Crippen molar-refractivity contribution in [3.63, 3.8) is 0 Å². The molecule has 21 heavy (non-hydrogen) atoms. The highest BCUT2D eigenvalue weighted by Crippen LogP contribution is 2.47. The molecule has 0 N–H and O–H groups in total. The van der Waals surface area contributed by atoms with Crippen molar-refractivity contribution in [3.05, 3.63) is 21.9 Å². The molecule has 2 heteroatoms. The summed E-state index contributed by atoms with van der Waals surface area (Å²) in [5.41, 5.74) is 0.693. The largest absolute Gasteiger partial charge is 0.143 e. The van der Waals surface area contributed by atoms with E-state index in [0.29, 0.717) is 11.3 Å². The van der Waals surface area contributed by atoms with Gasteiger partial charge in [-0.1, -0.05) is 41.5 Å². The zero-order valence-corrected chi connectivity index (χ0v) is 16.1. The average molecular weight is 327 g/mol. The molecule has 1 saturated carbocycles. The summed E-state index contributed by atoms with van der Waals surface area (Å²) in [5, 5.41) is 0.215. The molecule has 2 rings (SSSR count). The third-order valence-electron chi connectivity index (χ3n) is 5.05. The molecule has 1 fully saturated rings. The Hall–Kier alpha value is -0.0100. The predicted octanol–water partition coefficient (Wildman–Crippen LogP) is 7.18. The summed E-state index contributed by atoms with van der Waals surface area (Å²) in [6.07, 6.45) is 5.27. The molecule has 0 bridgehead atoms. The van der Waals surface area contributed by atoms with Crippen LogP contribution >= 0.6 is 22.9 Å². The van der Waals surface area contributed by atoms with Crippen molar-refractivity contribution in [3.8, 4) is 0 Å². The van der Waals surface area contributed by atoms with Gasteiger partial charge in [0.1, 0.15) is 0 Å². The van der Waals surface area contributed by atoms with Gasteiger partial charge in [-0.2, -0.15) is 0 Å². The van der Waals surface area contributed by atoms with E-state index in [1.54, 1.807) is 0 Å². The third-order valence-corrected chi connectivity index (χ3v) is 7.36. The van der Waals surface area contributed by atoms with E-state index in [2.05, 4.69) is 53.7 Å². The van der Waals surface area contributed by atoms with Gasteiger partial charge in [0.2, 0.25) is 0 Å². The van der Waals surface area contributed by atoms with E-state index in [9.17, 15) is 0 Å². The number of alkyl halides is 1. The van der Waals surface area contributed by atoms with Crippen molar-refractivity contribution in [2.45, 2.75) is 78.0 Å². The SMILES string of the molecule is CC(C)(C)c1ccc(C(Cl)C2CCC(C(C)(C)C)CC2)s1. The van der Waals surface area contributed by atoms with Crippen LogP contribution in [0.25, 0.3) is 0 Å². The van der Waals surface area contributed by atoms with Gasteiger partial charge in [0.15, 0.2) is 0 Å². The van der Waals surface area contributed by atoms with E-state index in [1.807, 2.05) is 11.3 Å². The van der Waals surface area contributed by atoms with E-state index in [0.717, 1.165) is 5.92 Å². The summed E-state index contributed by atoms with van der Waals surface area (Å²) in [5.74, 6) is 1.53. The molecule has 1 aliphatic carbocycles. The van der Waals surface area contributed by atoms with Crippen molar-refractivity contribution < 1.29 is 0 Å². The molecule has 1 heterocycles. The molecule has 0 radical (unpaired) electrons. The lowest BCUT2D eigenvalue weighted by Crippen LogP contribution is -2.27. The maximum Gasteiger partial charge on any atom is 0.0706 e. The molecule has 0 saturated heterocycles. The molecule has 0 aliphatic heterocycles. The molecular weight excluding hydrogens is 296 g/mol. The van der Waals surface area contributed by atoms with E-state index in [4.69, 9.17) is 11.6 Å². The van der Waals surface area contributed by atoms with Crippen LogP contribution in [0.2, 0.25) is 0 Å². The molecule has 0 nitrogen and oxygen atoms in total. The molecular formula is C19H31ClS. The second-order valence-corrected chi connectivity index (χ2v) is 10.4. The van der Waals surface area contributed by atoms with Crippen molar-refractivity contribution >= 4 is 22.9 Å². The first-order chi connectivity index (χ1) is 9.59. The Morgan fingerprint density at radius 3 is 2.00 bits per heavy atom. The van der Waals surface area contributed by atoms with Crippen LogP contribution in [-0.4, -0.2) is 0 Å². The predicted molar refractivity (Wildman–Crippen MR) is 96.5 cm³/mol. The van der Waals surface area contributed by atoms with E-state index >= 15 is 0 Å². The topological polar surface area (TPSA) is 0 Å². The van der Waals surface area contributed by atoms with E-state index < -0.39 is 0 Å². The first-order valence-electron chi connectivity index (χ1n) is 8.33. The molecule has 1 aromatic rings. The van der Waals surface area contributed by atoms with Crippen LogP contribution < -0.4 is 0 Å². The third kappa shape index (κ3) is 4.26. The minimum Gasteiger partial charge on any atom is -0.143 e. The van der Waals surface area contributed by atoms with Crippen LogP contribution in [0.3, 0.4) is 0 Å². The number of rotatable bonds is 2. The molecule has 0 spiro atoms. The van der Waals surface area contributed by atoms with Crippen LogP contribution in [-0.2, 0) is 5.41 Å². The average Bonchev–Trinajstić information content (AvgIpc) is 2.86. The van der Waals surface area contributed by atoms with Gasteiger partial charge in [-0.3, -0.25) is 0 Å². The van der Waals surface area contributed by atoms with Gasteiger partial charge in [-0.15, -0.1) is 22.9 Å². The second kappa shape index (κ2) is 6.24. The lowest BCUT2D eigenvalue weighted by Gasteiger charge is -2.38. The van der Waals surface area contributed by atoms with Gasteiger partial charge in [0.25, 0.3) is 0 Å². The standard InChI is InChI=1S/C19H31ClS/c1-18(2,3)14-9-7-13(8-10-14)17(20)15-11-12-16(21-15)19(4,5)6/h11-14,17H,7-10H2,1-6H3. The molecule has 1 aliphatic rings. The number of hydrogen-bond donors (Lipinski definition) is 0. The number of halogens is 1. The summed E-state index contributed by atoms with van der Waals surface area (Å²) in [6.45, 7) is 14.0. The molecule has 1 aromatic heterocycles. The van der Waals surface area contributed by atoms with Crippen LogP contribution in [0.4, 0.5) is 0 Å². The molecule has 0 amide bonds. The summed E-state index contributed by atoms with van der Waals surface area (Å²) in [4.78, 5) is 2.83. The van der Waals surface area contributed by atoms with Gasteiger partial charge in [0, 0.05) is 9.75 Å². The quantitative estimate of drug-likeness (QED) is 0.505. The minimum atomic E-state index is 0.215. The zero-order chi connectivity index (χ0) is 15.8. The molecule has 0 aromatic carbocycles. The maximum absolute atomic E-state index is 6.82. The summed E-state index contributed by atoms with van der Waals surface area (Å²) in [7, 11) is 0. The van der Waals surface area contributed by atoms with Crippen molar-refractivity contribution in [2.24, 2.45) is 17.3 Å². The van der Waals surface area contributed by atoms with Gasteiger partial charge in [-0.25, -0.2) is 0 Å². The Bertz CT molecular complexity index is 453. The van der Waals surface area contributed by atoms with Crippen LogP contribution in [0, 0.1) is 17.3 Å². The van der Waals surface area contributed by atoms with Crippen LogP contribution in [0.1, 0.15) is 82.4 Å². The normalized spacial score (nSPS) is 25.9. The second-order valence-electron chi connectivity index (χ2n) is 8.83. The highest BCUT2D eigenvalue weighted by atomic mass is 35.5. The van der Waals surface area contributed by atoms with E-state index in [-0.39, 0.29) is 10.8 Å². The first kappa shape index (κ1) is 17.3. The van der Waals surface area contributed by atoms with Crippen molar-refractivity contribution in [1.29, 1.82) is 0 Å². The molecule has 120 valence electrons. The maximum atomic E-state index is 6.82. The monoisotopic (exact) mass is 326 g/mol. The van der Waals surface area contributed by atoms with Gasteiger partial charge < -0.3 is 0 Å². The summed E-state index contributed by atoms with van der Waals surface area (Å²) < 4.78 is 0. The minimum absolute atomic E-state index is 0.215. The zero-order valence-electron chi connectivity index (χ0n) is 14.5. The smallest absolute Gasteiger partial charge is 0.0706 e. The van der Waals surface area contributed by atoms with Gasteiger partial charge in [0.05, 0.1) is 5.38 Å². The lowest BCUT2D eigenvalue weighted by atomic mass is 9.69. The number of thiophene rings is 1.